The number of carbonyl (C=O) groups is 1. The highest BCUT2D eigenvalue weighted by Crippen LogP contribution is 2.39. The van der Waals surface area contributed by atoms with Crippen LogP contribution in [0, 0.1) is 17.7 Å². The van der Waals surface area contributed by atoms with Gasteiger partial charge >= 0.3 is 0 Å². The van der Waals surface area contributed by atoms with E-state index in [1.165, 1.54) is 18.9 Å². The van der Waals surface area contributed by atoms with Gasteiger partial charge in [-0.05, 0) is 67.9 Å². The third-order valence-electron chi connectivity index (χ3n) is 8.58. The van der Waals surface area contributed by atoms with Crippen LogP contribution in [0.25, 0.3) is 33.6 Å². The Labute approximate surface area is 223 Å². The Morgan fingerprint density at radius 1 is 1.21 bits per heavy atom. The number of nitrogens with two attached hydrogens (primary N) is 1. The number of nitrogens with zero attached hydrogens (tertiary/aromatic N) is 5. The van der Waals surface area contributed by atoms with Crippen molar-refractivity contribution in [1.29, 1.82) is 0 Å². The Morgan fingerprint density at radius 2 is 2.05 bits per heavy atom. The molecule has 2 aliphatic carbocycles. The second kappa shape index (κ2) is 9.07. The summed E-state index contributed by atoms with van der Waals surface area (Å²) in [5.41, 5.74) is 9.12. The van der Waals surface area contributed by atoms with Crippen molar-refractivity contribution in [3.63, 3.8) is 0 Å². The van der Waals surface area contributed by atoms with Crippen LogP contribution in [-0.4, -0.2) is 65.1 Å². The Hall–Kier alpha value is -2.95. The van der Waals surface area contributed by atoms with E-state index in [1.54, 1.807) is 18.5 Å². The molecule has 8 nitrogen and oxygen atoms in total. The number of hydrogen-bond donors (Lipinski definition) is 1. The summed E-state index contributed by atoms with van der Waals surface area (Å²) in [6.45, 7) is 1.80. The number of piperidine rings is 1. The highest BCUT2D eigenvalue weighted by Gasteiger charge is 2.47. The quantitative estimate of drug-likeness (QED) is 0.365. The first-order valence-electron chi connectivity index (χ1n) is 13.4. The third-order valence-corrected chi connectivity index (χ3v) is 9.34. The summed E-state index contributed by atoms with van der Waals surface area (Å²) in [5, 5.41) is 0.998. The van der Waals surface area contributed by atoms with Crippen molar-refractivity contribution in [1.82, 2.24) is 24.0 Å². The van der Waals surface area contributed by atoms with Crippen molar-refractivity contribution < 1.29 is 13.7 Å². The van der Waals surface area contributed by atoms with E-state index in [0.29, 0.717) is 53.1 Å². The van der Waals surface area contributed by atoms with E-state index in [2.05, 4.69) is 15.6 Å². The minimum Gasteiger partial charge on any atom is -0.617 e. The summed E-state index contributed by atoms with van der Waals surface area (Å²) in [4.78, 5) is 24.8. The van der Waals surface area contributed by atoms with Crippen LogP contribution >= 0.6 is 0 Å². The monoisotopic (exact) mass is 534 g/mol. The number of imidazole rings is 1. The third kappa shape index (κ3) is 3.92. The normalized spacial score (nSPS) is 23.7. The zero-order valence-corrected chi connectivity index (χ0v) is 22.2. The number of likely N-dealkylation sites (tertiary alicyclic amines) is 1. The molecule has 0 radical (unpaired) electrons. The molecule has 1 aromatic carbocycles. The zero-order chi connectivity index (χ0) is 26.1. The van der Waals surface area contributed by atoms with Crippen LogP contribution in [0.5, 0.6) is 0 Å². The van der Waals surface area contributed by atoms with Gasteiger partial charge in [-0.2, -0.15) is 0 Å². The van der Waals surface area contributed by atoms with E-state index >= 15 is 4.39 Å². The molecule has 38 heavy (non-hydrogen) atoms. The number of rotatable bonds is 7. The fourth-order valence-corrected chi connectivity index (χ4v) is 6.88. The zero-order valence-electron chi connectivity index (χ0n) is 21.3. The molecule has 3 fully saturated rings. The summed E-state index contributed by atoms with van der Waals surface area (Å²) in [6.07, 6.45) is 7.73. The molecule has 3 aliphatic rings. The standard InChI is InChI=1S/C28H31FN6O2S/c1-38(37)10-9-33-25-20(29)11-19(28(36)35-15-18-6-7-22(35)24(18)30)12-21(25)32-27(33)23-13-17-3-2-8-31-26(17)34(23)14-16-4-5-16/h2-3,8,11-13,16,18,22,24H,4-7,9-10,14-15,30H2,1H3/t18-,22-,24-,38?/m1/s1. The molecule has 4 heterocycles. The molecule has 3 aromatic heterocycles. The van der Waals surface area contributed by atoms with Gasteiger partial charge in [0.2, 0.25) is 0 Å². The molecule has 1 unspecified atom stereocenters. The molecular weight excluding hydrogens is 503 g/mol. The summed E-state index contributed by atoms with van der Waals surface area (Å²) < 4.78 is 31.9. The Balaban J connectivity index is 1.36. The van der Waals surface area contributed by atoms with Gasteiger partial charge in [0.15, 0.2) is 5.82 Å². The minimum absolute atomic E-state index is 0.00440. The average molecular weight is 535 g/mol. The molecule has 4 atom stereocenters. The second-order valence-corrected chi connectivity index (χ2v) is 12.7. The maximum absolute atomic E-state index is 15.8. The lowest BCUT2D eigenvalue weighted by atomic mass is 10.1. The lowest BCUT2D eigenvalue weighted by Gasteiger charge is -2.27. The van der Waals surface area contributed by atoms with E-state index in [-0.39, 0.29) is 18.0 Å². The molecule has 198 valence electrons. The summed E-state index contributed by atoms with van der Waals surface area (Å²) >= 11 is -1.06. The number of amides is 1. The molecule has 1 amide bonds. The van der Waals surface area contributed by atoms with Crippen molar-refractivity contribution in [2.45, 2.75) is 50.9 Å². The number of pyridine rings is 1. The number of aryl methyl sites for hydroxylation is 1. The summed E-state index contributed by atoms with van der Waals surface area (Å²) in [6, 6.07) is 9.03. The summed E-state index contributed by atoms with van der Waals surface area (Å²) in [7, 11) is 0. The first kappa shape index (κ1) is 24.1. The minimum atomic E-state index is -1.06. The maximum atomic E-state index is 15.8. The highest BCUT2D eigenvalue weighted by molar-refractivity contribution is 7.90. The topological polar surface area (TPSA) is 105 Å². The molecule has 10 heteroatoms. The lowest BCUT2D eigenvalue weighted by molar-refractivity contribution is 0.0700. The molecule has 1 saturated heterocycles. The fourth-order valence-electron chi connectivity index (χ4n) is 6.44. The van der Waals surface area contributed by atoms with E-state index in [4.69, 9.17) is 10.7 Å². The van der Waals surface area contributed by atoms with Gasteiger partial charge < -0.3 is 24.3 Å². The van der Waals surface area contributed by atoms with Gasteiger partial charge in [-0.25, -0.2) is 14.4 Å². The largest absolute Gasteiger partial charge is 0.617 e. The van der Waals surface area contributed by atoms with Gasteiger partial charge in [0, 0.05) is 42.3 Å². The van der Waals surface area contributed by atoms with Gasteiger partial charge in [0.25, 0.3) is 5.91 Å². The number of fused-ring (bicyclic) bond motifs is 4. The lowest BCUT2D eigenvalue weighted by Crippen LogP contribution is -2.41. The molecule has 7 rings (SSSR count). The maximum Gasteiger partial charge on any atom is 0.254 e. The van der Waals surface area contributed by atoms with Crippen LogP contribution < -0.4 is 5.73 Å². The molecular formula is C28H31FN6O2S. The van der Waals surface area contributed by atoms with E-state index < -0.39 is 17.0 Å². The van der Waals surface area contributed by atoms with Gasteiger partial charge in [0.1, 0.15) is 22.7 Å². The number of benzene rings is 1. The van der Waals surface area contributed by atoms with Crippen LogP contribution in [0.4, 0.5) is 4.39 Å². The highest BCUT2D eigenvalue weighted by atomic mass is 32.2. The van der Waals surface area contributed by atoms with E-state index in [1.807, 2.05) is 21.6 Å². The van der Waals surface area contributed by atoms with Crippen molar-refractivity contribution in [3.8, 4) is 11.5 Å². The number of hydrogen-bond acceptors (Lipinski definition) is 5. The van der Waals surface area contributed by atoms with Crippen LogP contribution in [-0.2, 0) is 24.3 Å². The molecule has 4 aromatic rings. The van der Waals surface area contributed by atoms with Crippen molar-refractivity contribution in [2.75, 3.05) is 18.6 Å². The van der Waals surface area contributed by atoms with Crippen LogP contribution in [0.15, 0.2) is 36.5 Å². The van der Waals surface area contributed by atoms with E-state index in [9.17, 15) is 9.35 Å². The fraction of sp³-hybridized carbons (Fsp3) is 0.464. The molecule has 0 spiro atoms. The first-order valence-corrected chi connectivity index (χ1v) is 15.1. The summed E-state index contributed by atoms with van der Waals surface area (Å²) in [5.74, 6) is 1.20. The second-order valence-electron chi connectivity index (χ2n) is 11.1. The van der Waals surface area contributed by atoms with Gasteiger partial charge in [0.05, 0.1) is 24.0 Å². The van der Waals surface area contributed by atoms with Gasteiger partial charge in [-0.3, -0.25) is 4.79 Å². The Bertz CT molecular complexity index is 1560. The first-order chi connectivity index (χ1) is 18.4. The van der Waals surface area contributed by atoms with Gasteiger partial charge in [-0.1, -0.05) is 11.2 Å². The number of aromatic nitrogens is 4. The van der Waals surface area contributed by atoms with Gasteiger partial charge in [-0.15, -0.1) is 0 Å². The molecule has 2 bridgehead atoms. The number of halogens is 1. The van der Waals surface area contributed by atoms with Crippen molar-refractivity contribution in [2.24, 2.45) is 17.6 Å². The van der Waals surface area contributed by atoms with E-state index in [0.717, 1.165) is 36.1 Å². The van der Waals surface area contributed by atoms with Crippen LogP contribution in [0.2, 0.25) is 0 Å². The molecule has 2 N–H and O–H groups in total. The molecule has 2 saturated carbocycles. The average Bonchev–Trinajstić information content (AvgIpc) is 3.25. The molecule has 1 aliphatic heterocycles. The number of carbonyl (C=O) groups excluding carboxylic acids is 1. The Morgan fingerprint density at radius 3 is 2.76 bits per heavy atom. The SMILES string of the molecule is C[S+]([O-])CCn1c(-c2cc3cccnc3n2CC2CC2)nc2cc(C(=O)N3C[C@H]4CC[C@@H]3[C@@H]4N)cc(F)c21. The Kier molecular flexibility index (Phi) is 5.75. The smallest absolute Gasteiger partial charge is 0.254 e. The van der Waals surface area contributed by atoms with Crippen LogP contribution in [0.3, 0.4) is 0 Å². The van der Waals surface area contributed by atoms with Crippen molar-refractivity contribution in [3.05, 3.63) is 47.9 Å². The predicted molar refractivity (Wildman–Crippen MR) is 146 cm³/mol. The predicted octanol–water partition coefficient (Wildman–Crippen LogP) is 3.54. The van der Waals surface area contributed by atoms with Crippen molar-refractivity contribution >= 4 is 39.1 Å². The van der Waals surface area contributed by atoms with Crippen LogP contribution in [0.1, 0.15) is 36.0 Å².